The van der Waals surface area contributed by atoms with Gasteiger partial charge in [0.1, 0.15) is 0 Å². The topological polar surface area (TPSA) is 0 Å². The van der Waals surface area contributed by atoms with Crippen molar-refractivity contribution in [1.82, 2.24) is 0 Å². The third-order valence-corrected chi connectivity index (χ3v) is 4.04. The quantitative estimate of drug-likeness (QED) is 0.268. The Hall–Kier alpha value is 1.10. The molecule has 0 saturated carbocycles. The SMILES string of the molecule is [CH2-]CCCC(C)CCCCCCCC(C)CC.[CH3-].[Y]. The summed E-state index contributed by atoms with van der Waals surface area (Å²) in [5, 5.41) is 0. The Bertz CT molecular complexity index is 145. The van der Waals surface area contributed by atoms with E-state index in [-0.39, 0.29) is 40.1 Å². The summed E-state index contributed by atoms with van der Waals surface area (Å²) in [7, 11) is 0. The van der Waals surface area contributed by atoms with E-state index in [1.165, 1.54) is 64.2 Å². The molecule has 19 heavy (non-hydrogen) atoms. The molecule has 0 aromatic rings. The number of hydrogen-bond donors (Lipinski definition) is 0. The largest absolute Gasteiger partial charge is 0.358 e. The average Bonchev–Trinajstić information content (AvgIpc) is 2.34. The van der Waals surface area contributed by atoms with Gasteiger partial charge in [0.05, 0.1) is 0 Å². The van der Waals surface area contributed by atoms with Crippen molar-refractivity contribution in [1.29, 1.82) is 0 Å². The molecule has 0 saturated heterocycles. The maximum Gasteiger partial charge on any atom is 0 e. The monoisotopic (exact) mass is 343 g/mol. The molecule has 0 N–H and O–H groups in total. The van der Waals surface area contributed by atoms with E-state index in [9.17, 15) is 0 Å². The van der Waals surface area contributed by atoms with Crippen molar-refractivity contribution in [2.75, 3.05) is 0 Å². The maximum atomic E-state index is 3.91. The zero-order chi connectivity index (χ0) is 12.9. The first-order valence-corrected chi connectivity index (χ1v) is 7.99. The molecule has 0 aliphatic carbocycles. The van der Waals surface area contributed by atoms with Crippen LogP contribution in [0.15, 0.2) is 0 Å². The Morgan fingerprint density at radius 1 is 0.737 bits per heavy atom. The average molecular weight is 343 g/mol. The first-order valence-electron chi connectivity index (χ1n) is 7.99. The van der Waals surface area contributed by atoms with Crippen molar-refractivity contribution in [3.63, 3.8) is 0 Å². The van der Waals surface area contributed by atoms with Crippen LogP contribution in [0.25, 0.3) is 0 Å². The number of hydrogen-bond acceptors (Lipinski definition) is 0. The van der Waals surface area contributed by atoms with E-state index in [4.69, 9.17) is 0 Å². The predicted octanol–water partition coefficient (Wildman–Crippen LogP) is 6.85. The normalized spacial score (nSPS) is 13.3. The van der Waals surface area contributed by atoms with E-state index in [0.717, 1.165) is 18.3 Å². The Morgan fingerprint density at radius 3 is 1.63 bits per heavy atom. The van der Waals surface area contributed by atoms with Gasteiger partial charge in [-0.05, 0) is 11.8 Å². The Labute approximate surface area is 149 Å². The third kappa shape index (κ3) is 19.1. The second kappa shape index (κ2) is 19.1. The smallest absolute Gasteiger partial charge is 0 e. The van der Waals surface area contributed by atoms with E-state index in [1.807, 2.05) is 0 Å². The second-order valence-corrected chi connectivity index (χ2v) is 5.96. The fourth-order valence-electron chi connectivity index (χ4n) is 2.36. The Balaban J connectivity index is -0.00000128. The van der Waals surface area contributed by atoms with Gasteiger partial charge in [0.15, 0.2) is 0 Å². The molecule has 0 spiro atoms. The van der Waals surface area contributed by atoms with Gasteiger partial charge in [-0.1, -0.05) is 85.0 Å². The fourth-order valence-corrected chi connectivity index (χ4v) is 2.36. The predicted molar refractivity (Wildman–Crippen MR) is 86.6 cm³/mol. The molecule has 0 amide bonds. The van der Waals surface area contributed by atoms with Crippen LogP contribution in [0, 0.1) is 26.2 Å². The molecular formula is C18H38Y-2. The van der Waals surface area contributed by atoms with Crippen LogP contribution in [0.1, 0.15) is 91.4 Å². The van der Waals surface area contributed by atoms with E-state index >= 15 is 0 Å². The number of unbranched alkanes of at least 4 members (excludes halogenated alkanes) is 5. The molecule has 1 heteroatoms. The summed E-state index contributed by atoms with van der Waals surface area (Å²) in [5.41, 5.74) is 0. The van der Waals surface area contributed by atoms with Gasteiger partial charge in [-0.3, -0.25) is 0 Å². The van der Waals surface area contributed by atoms with Gasteiger partial charge in [-0.25, -0.2) is 0 Å². The van der Waals surface area contributed by atoms with Crippen molar-refractivity contribution in [2.45, 2.75) is 91.4 Å². The molecule has 0 aromatic carbocycles. The van der Waals surface area contributed by atoms with Crippen molar-refractivity contribution in [2.24, 2.45) is 11.8 Å². The van der Waals surface area contributed by atoms with Gasteiger partial charge in [0.25, 0.3) is 0 Å². The van der Waals surface area contributed by atoms with Crippen molar-refractivity contribution < 1.29 is 32.7 Å². The summed E-state index contributed by atoms with van der Waals surface area (Å²) < 4.78 is 0. The first kappa shape index (κ1) is 25.1. The molecule has 0 nitrogen and oxygen atoms in total. The molecule has 0 rings (SSSR count). The van der Waals surface area contributed by atoms with Crippen molar-refractivity contribution in [3.05, 3.63) is 14.4 Å². The van der Waals surface area contributed by atoms with Crippen LogP contribution in [0.4, 0.5) is 0 Å². The van der Waals surface area contributed by atoms with Gasteiger partial charge >= 0.3 is 0 Å². The Morgan fingerprint density at radius 2 is 1.16 bits per heavy atom. The van der Waals surface area contributed by atoms with Crippen LogP contribution in [0.5, 0.6) is 0 Å². The summed E-state index contributed by atoms with van der Waals surface area (Å²) in [6.45, 7) is 11.0. The first-order chi connectivity index (χ1) is 8.20. The standard InChI is InChI=1S/C17H35.CH3.Y/c1-5-7-13-17(4)15-12-10-8-9-11-14-16(3)6-2;;/h16-17H,1,5-15H2,2-4H3;1H3;/q2*-1;. The summed E-state index contributed by atoms with van der Waals surface area (Å²) >= 11 is 0. The van der Waals surface area contributed by atoms with E-state index in [2.05, 4.69) is 27.7 Å². The van der Waals surface area contributed by atoms with Crippen LogP contribution in [-0.2, 0) is 32.7 Å². The van der Waals surface area contributed by atoms with Gasteiger partial charge < -0.3 is 14.4 Å². The molecule has 115 valence electrons. The fraction of sp³-hybridized carbons (Fsp3) is 0.889. The molecule has 0 bridgehead atoms. The zero-order valence-corrected chi connectivity index (χ0v) is 17.1. The van der Waals surface area contributed by atoms with E-state index in [1.54, 1.807) is 0 Å². The van der Waals surface area contributed by atoms with Crippen LogP contribution in [-0.4, -0.2) is 0 Å². The minimum Gasteiger partial charge on any atom is -0.358 e. The van der Waals surface area contributed by atoms with Crippen LogP contribution in [0.2, 0.25) is 0 Å². The van der Waals surface area contributed by atoms with Gasteiger partial charge in [0, 0.05) is 32.7 Å². The third-order valence-electron chi connectivity index (χ3n) is 4.04. The summed E-state index contributed by atoms with van der Waals surface area (Å²) in [6.07, 6.45) is 15.3. The van der Waals surface area contributed by atoms with Gasteiger partial charge in [-0.15, -0.1) is 0 Å². The van der Waals surface area contributed by atoms with E-state index < -0.39 is 0 Å². The zero-order valence-electron chi connectivity index (χ0n) is 14.2. The molecule has 2 atom stereocenters. The second-order valence-electron chi connectivity index (χ2n) is 5.96. The molecule has 1 radical (unpaired) electrons. The molecule has 0 heterocycles. The van der Waals surface area contributed by atoms with Crippen LogP contribution in [0.3, 0.4) is 0 Å². The van der Waals surface area contributed by atoms with Gasteiger partial charge in [-0.2, -0.15) is 6.42 Å². The maximum absolute atomic E-state index is 3.91. The molecular weight excluding hydrogens is 305 g/mol. The van der Waals surface area contributed by atoms with Crippen LogP contribution < -0.4 is 0 Å². The summed E-state index contributed by atoms with van der Waals surface area (Å²) in [6, 6.07) is 0. The Kier molecular flexibility index (Phi) is 25.2. The van der Waals surface area contributed by atoms with E-state index in [0.29, 0.717) is 0 Å². The van der Waals surface area contributed by atoms with Crippen LogP contribution >= 0.6 is 0 Å². The molecule has 2 unspecified atom stereocenters. The minimum atomic E-state index is 0. The summed E-state index contributed by atoms with van der Waals surface area (Å²) in [5.74, 6) is 1.87. The number of rotatable bonds is 12. The molecule has 0 aliphatic heterocycles. The minimum absolute atomic E-state index is 0. The van der Waals surface area contributed by atoms with Crippen molar-refractivity contribution >= 4 is 0 Å². The van der Waals surface area contributed by atoms with Gasteiger partial charge in [0.2, 0.25) is 0 Å². The molecule has 0 fully saturated rings. The molecule has 0 aromatic heterocycles. The molecule has 0 aliphatic rings. The summed E-state index contributed by atoms with van der Waals surface area (Å²) in [4.78, 5) is 0. The van der Waals surface area contributed by atoms with Crippen molar-refractivity contribution in [3.8, 4) is 0 Å².